The number of carbonyl (C=O) groups is 1. The SMILES string of the molecule is NS(=O)(=O)c1cccc(Nc2scnc2C(=O)O)c1. The fourth-order valence-electron chi connectivity index (χ4n) is 1.37. The molecular formula is C10H9N3O4S2. The number of nitrogens with two attached hydrogens (primary N) is 1. The Morgan fingerprint density at radius 3 is 2.79 bits per heavy atom. The number of carboxylic acids is 1. The lowest BCUT2D eigenvalue weighted by Crippen LogP contribution is -2.12. The molecule has 1 aromatic carbocycles. The molecule has 19 heavy (non-hydrogen) atoms. The fraction of sp³-hybridized carbons (Fsp3) is 0. The first-order valence-electron chi connectivity index (χ1n) is 4.94. The molecule has 0 fully saturated rings. The molecule has 1 heterocycles. The minimum atomic E-state index is -3.80. The highest BCUT2D eigenvalue weighted by Crippen LogP contribution is 2.25. The van der Waals surface area contributed by atoms with E-state index in [4.69, 9.17) is 10.2 Å². The molecule has 2 aromatic rings. The first-order valence-corrected chi connectivity index (χ1v) is 7.37. The Bertz CT molecular complexity index is 724. The van der Waals surface area contributed by atoms with E-state index in [-0.39, 0.29) is 10.6 Å². The second-order valence-corrected chi connectivity index (χ2v) is 5.95. The van der Waals surface area contributed by atoms with Gasteiger partial charge in [0.25, 0.3) is 0 Å². The summed E-state index contributed by atoms with van der Waals surface area (Å²) in [5, 5.41) is 17.0. The maximum Gasteiger partial charge on any atom is 0.357 e. The van der Waals surface area contributed by atoms with Gasteiger partial charge in [-0.15, -0.1) is 11.3 Å². The van der Waals surface area contributed by atoms with Crippen LogP contribution >= 0.6 is 11.3 Å². The molecule has 7 nitrogen and oxygen atoms in total. The molecular weight excluding hydrogens is 290 g/mol. The van der Waals surface area contributed by atoms with E-state index in [1.807, 2.05) is 0 Å². The number of sulfonamides is 1. The van der Waals surface area contributed by atoms with Crippen LogP contribution in [0.25, 0.3) is 0 Å². The fourth-order valence-corrected chi connectivity index (χ4v) is 2.62. The Hall–Kier alpha value is -1.97. The number of hydrogen-bond acceptors (Lipinski definition) is 6. The highest BCUT2D eigenvalue weighted by atomic mass is 32.2. The van der Waals surface area contributed by atoms with Crippen molar-refractivity contribution >= 4 is 38.0 Å². The molecule has 0 saturated carbocycles. The van der Waals surface area contributed by atoms with Gasteiger partial charge in [-0.25, -0.2) is 23.3 Å². The summed E-state index contributed by atoms with van der Waals surface area (Å²) in [6.07, 6.45) is 0. The summed E-state index contributed by atoms with van der Waals surface area (Å²) in [6, 6.07) is 5.77. The number of nitrogens with zero attached hydrogens (tertiary/aromatic N) is 1. The van der Waals surface area contributed by atoms with Gasteiger partial charge >= 0.3 is 5.97 Å². The van der Waals surface area contributed by atoms with Crippen molar-refractivity contribution in [3.05, 3.63) is 35.5 Å². The number of thiazole rings is 1. The summed E-state index contributed by atoms with van der Waals surface area (Å²) in [5.41, 5.74) is 1.68. The van der Waals surface area contributed by atoms with E-state index in [0.717, 1.165) is 11.3 Å². The van der Waals surface area contributed by atoms with Gasteiger partial charge in [0.05, 0.1) is 10.4 Å². The molecule has 0 amide bonds. The molecule has 0 bridgehead atoms. The summed E-state index contributed by atoms with van der Waals surface area (Å²) >= 11 is 1.10. The number of aromatic carboxylic acids is 1. The maximum absolute atomic E-state index is 11.2. The molecule has 9 heteroatoms. The quantitative estimate of drug-likeness (QED) is 0.780. The zero-order valence-electron chi connectivity index (χ0n) is 9.40. The van der Waals surface area contributed by atoms with Crippen LogP contribution in [0.2, 0.25) is 0 Å². The van der Waals surface area contributed by atoms with Gasteiger partial charge in [0.15, 0.2) is 5.69 Å². The van der Waals surface area contributed by atoms with Gasteiger partial charge in [-0.3, -0.25) is 0 Å². The van der Waals surface area contributed by atoms with Crippen molar-refractivity contribution in [3.63, 3.8) is 0 Å². The summed E-state index contributed by atoms with van der Waals surface area (Å²) < 4.78 is 22.4. The third kappa shape index (κ3) is 3.08. The second kappa shape index (κ2) is 4.96. The minimum Gasteiger partial charge on any atom is -0.476 e. The number of anilines is 2. The van der Waals surface area contributed by atoms with Gasteiger partial charge < -0.3 is 10.4 Å². The Kier molecular flexibility index (Phi) is 3.51. The van der Waals surface area contributed by atoms with Crippen molar-refractivity contribution in [2.24, 2.45) is 5.14 Å². The van der Waals surface area contributed by atoms with Gasteiger partial charge in [0.1, 0.15) is 5.00 Å². The Morgan fingerprint density at radius 1 is 1.42 bits per heavy atom. The van der Waals surface area contributed by atoms with Crippen LogP contribution in [0, 0.1) is 0 Å². The topological polar surface area (TPSA) is 122 Å². The van der Waals surface area contributed by atoms with Crippen LogP contribution in [0.3, 0.4) is 0 Å². The molecule has 0 spiro atoms. The Morgan fingerprint density at radius 2 is 2.16 bits per heavy atom. The summed E-state index contributed by atoms with van der Waals surface area (Å²) in [7, 11) is -3.80. The van der Waals surface area contributed by atoms with Crippen molar-refractivity contribution in [2.75, 3.05) is 5.32 Å². The maximum atomic E-state index is 11.2. The third-order valence-corrected chi connectivity index (χ3v) is 3.84. The van der Waals surface area contributed by atoms with Crippen LogP contribution in [0.15, 0.2) is 34.7 Å². The van der Waals surface area contributed by atoms with E-state index in [1.165, 1.54) is 23.7 Å². The molecule has 0 aliphatic rings. The third-order valence-electron chi connectivity index (χ3n) is 2.19. The lowest BCUT2D eigenvalue weighted by molar-refractivity contribution is 0.0692. The molecule has 0 atom stereocenters. The number of aromatic nitrogens is 1. The zero-order chi connectivity index (χ0) is 14.0. The van der Waals surface area contributed by atoms with Gasteiger partial charge in [-0.1, -0.05) is 6.07 Å². The van der Waals surface area contributed by atoms with Crippen LogP contribution in [0.4, 0.5) is 10.7 Å². The van der Waals surface area contributed by atoms with Crippen molar-refractivity contribution in [1.82, 2.24) is 4.98 Å². The molecule has 2 rings (SSSR count). The predicted octanol–water partition coefficient (Wildman–Crippen LogP) is 1.23. The summed E-state index contributed by atoms with van der Waals surface area (Å²) in [6.45, 7) is 0. The number of rotatable bonds is 4. The largest absolute Gasteiger partial charge is 0.476 e. The van der Waals surface area contributed by atoms with E-state index in [1.54, 1.807) is 6.07 Å². The van der Waals surface area contributed by atoms with Gasteiger partial charge in [-0.2, -0.15) is 0 Å². The normalized spacial score (nSPS) is 11.2. The molecule has 100 valence electrons. The van der Waals surface area contributed by atoms with Crippen LogP contribution in [-0.2, 0) is 10.0 Å². The minimum absolute atomic E-state index is 0.0566. The Balaban J connectivity index is 2.34. The average molecular weight is 299 g/mol. The van der Waals surface area contributed by atoms with Gasteiger partial charge in [-0.05, 0) is 18.2 Å². The molecule has 0 unspecified atom stereocenters. The van der Waals surface area contributed by atoms with E-state index in [2.05, 4.69) is 10.3 Å². The highest BCUT2D eigenvalue weighted by molar-refractivity contribution is 7.89. The molecule has 0 saturated heterocycles. The van der Waals surface area contributed by atoms with Gasteiger partial charge in [0, 0.05) is 5.69 Å². The molecule has 4 N–H and O–H groups in total. The molecule has 0 aliphatic heterocycles. The van der Waals surface area contributed by atoms with Crippen molar-refractivity contribution < 1.29 is 18.3 Å². The molecule has 0 aliphatic carbocycles. The first-order chi connectivity index (χ1) is 8.88. The predicted molar refractivity (Wildman–Crippen MR) is 70.2 cm³/mol. The highest BCUT2D eigenvalue weighted by Gasteiger charge is 2.14. The molecule has 0 radical (unpaired) electrons. The standard InChI is InChI=1S/C10H9N3O4S2/c11-19(16,17)7-3-1-2-6(4-7)13-9-8(10(14)15)12-5-18-9/h1-5,13H,(H,14,15)(H2,11,16,17). The number of primary sulfonamides is 1. The van der Waals surface area contributed by atoms with Crippen LogP contribution in [-0.4, -0.2) is 24.5 Å². The van der Waals surface area contributed by atoms with Crippen LogP contribution in [0.1, 0.15) is 10.5 Å². The van der Waals surface area contributed by atoms with E-state index in [9.17, 15) is 13.2 Å². The number of carboxylic acid groups (broad SMARTS) is 1. The van der Waals surface area contributed by atoms with Crippen molar-refractivity contribution in [2.45, 2.75) is 4.90 Å². The monoisotopic (exact) mass is 299 g/mol. The number of nitrogens with one attached hydrogen (secondary N) is 1. The Labute approximate surface area is 112 Å². The summed E-state index contributed by atoms with van der Waals surface area (Å²) in [5.74, 6) is -1.16. The van der Waals surface area contributed by atoms with Crippen LogP contribution in [0.5, 0.6) is 0 Å². The average Bonchev–Trinajstić information content (AvgIpc) is 2.76. The van der Waals surface area contributed by atoms with Crippen molar-refractivity contribution in [1.29, 1.82) is 0 Å². The van der Waals surface area contributed by atoms with E-state index >= 15 is 0 Å². The lowest BCUT2D eigenvalue weighted by Gasteiger charge is -2.06. The smallest absolute Gasteiger partial charge is 0.357 e. The second-order valence-electron chi connectivity index (χ2n) is 3.53. The summed E-state index contributed by atoms with van der Waals surface area (Å²) in [4.78, 5) is 14.5. The number of hydrogen-bond donors (Lipinski definition) is 3. The van der Waals surface area contributed by atoms with E-state index in [0.29, 0.717) is 10.7 Å². The van der Waals surface area contributed by atoms with Crippen LogP contribution < -0.4 is 10.5 Å². The zero-order valence-corrected chi connectivity index (χ0v) is 11.0. The van der Waals surface area contributed by atoms with Crippen molar-refractivity contribution in [3.8, 4) is 0 Å². The first kappa shape index (κ1) is 13.5. The van der Waals surface area contributed by atoms with E-state index < -0.39 is 16.0 Å². The molecule has 1 aromatic heterocycles. The van der Waals surface area contributed by atoms with Gasteiger partial charge in [0.2, 0.25) is 10.0 Å². The number of benzene rings is 1. The lowest BCUT2D eigenvalue weighted by atomic mass is 10.3.